The standard InChI is InChI=1S/C12H18OS2/c1-3-5-9(11-7-14-11)13-10(6-4-2)12-8-15-12/h3-4,9-12H,1-2,5-8H2. The van der Waals surface area contributed by atoms with Crippen molar-refractivity contribution >= 4 is 23.5 Å². The summed E-state index contributed by atoms with van der Waals surface area (Å²) in [5.41, 5.74) is 0. The van der Waals surface area contributed by atoms with E-state index in [0.29, 0.717) is 12.2 Å². The largest absolute Gasteiger partial charge is 0.372 e. The van der Waals surface area contributed by atoms with Crippen LogP contribution >= 0.6 is 23.5 Å². The molecule has 2 rings (SSSR count). The maximum atomic E-state index is 6.20. The average Bonchev–Trinajstić information content (AvgIpc) is 3.05. The van der Waals surface area contributed by atoms with Crippen LogP contribution in [0.25, 0.3) is 0 Å². The van der Waals surface area contributed by atoms with Crippen LogP contribution in [0.5, 0.6) is 0 Å². The van der Waals surface area contributed by atoms with Gasteiger partial charge in [-0.25, -0.2) is 0 Å². The van der Waals surface area contributed by atoms with Gasteiger partial charge in [-0.2, -0.15) is 23.5 Å². The number of rotatable bonds is 8. The van der Waals surface area contributed by atoms with Crippen molar-refractivity contribution in [1.29, 1.82) is 0 Å². The normalized spacial score (nSPS) is 31.7. The van der Waals surface area contributed by atoms with Gasteiger partial charge in [0.05, 0.1) is 12.2 Å². The second-order valence-electron chi connectivity index (χ2n) is 4.01. The lowest BCUT2D eigenvalue weighted by Gasteiger charge is -2.22. The van der Waals surface area contributed by atoms with Gasteiger partial charge in [-0.05, 0) is 12.8 Å². The van der Waals surface area contributed by atoms with E-state index >= 15 is 0 Å². The lowest BCUT2D eigenvalue weighted by molar-refractivity contribution is 0.00159. The molecular weight excluding hydrogens is 224 g/mol. The van der Waals surface area contributed by atoms with Crippen LogP contribution in [-0.2, 0) is 4.74 Å². The van der Waals surface area contributed by atoms with Gasteiger partial charge in [0, 0.05) is 22.0 Å². The van der Waals surface area contributed by atoms with E-state index in [4.69, 9.17) is 4.74 Å². The van der Waals surface area contributed by atoms with E-state index in [1.165, 1.54) is 11.5 Å². The smallest absolute Gasteiger partial charge is 0.0740 e. The Labute approximate surface area is 101 Å². The first-order valence-electron chi connectivity index (χ1n) is 5.45. The van der Waals surface area contributed by atoms with Crippen LogP contribution in [0.15, 0.2) is 25.3 Å². The van der Waals surface area contributed by atoms with Crippen molar-refractivity contribution in [2.24, 2.45) is 0 Å². The Morgan fingerprint density at radius 1 is 1.07 bits per heavy atom. The average molecular weight is 242 g/mol. The van der Waals surface area contributed by atoms with Crippen LogP contribution in [0, 0.1) is 0 Å². The maximum absolute atomic E-state index is 6.20. The van der Waals surface area contributed by atoms with Crippen LogP contribution in [0.3, 0.4) is 0 Å². The molecule has 1 nitrogen and oxygen atoms in total. The van der Waals surface area contributed by atoms with Gasteiger partial charge in [0.25, 0.3) is 0 Å². The molecule has 0 aromatic carbocycles. The fourth-order valence-corrected chi connectivity index (χ4v) is 3.11. The van der Waals surface area contributed by atoms with Crippen molar-refractivity contribution in [2.75, 3.05) is 11.5 Å². The first kappa shape index (κ1) is 11.6. The van der Waals surface area contributed by atoms with Crippen LogP contribution < -0.4 is 0 Å². The molecule has 0 bridgehead atoms. The molecule has 0 N–H and O–H groups in total. The van der Waals surface area contributed by atoms with Crippen molar-refractivity contribution < 1.29 is 4.74 Å². The summed E-state index contributed by atoms with van der Waals surface area (Å²) in [5.74, 6) is 2.52. The molecule has 0 radical (unpaired) electrons. The Bertz CT molecular complexity index is 210. The third-order valence-corrected chi connectivity index (χ3v) is 4.74. The second-order valence-corrected chi connectivity index (χ2v) is 6.55. The molecule has 0 aromatic heterocycles. The quantitative estimate of drug-likeness (QED) is 0.478. The predicted molar refractivity (Wildman–Crippen MR) is 70.8 cm³/mol. The minimum absolute atomic E-state index is 0.388. The fraction of sp³-hybridized carbons (Fsp3) is 0.667. The van der Waals surface area contributed by atoms with Gasteiger partial charge in [-0.1, -0.05) is 12.2 Å². The fourth-order valence-electron chi connectivity index (χ4n) is 1.68. The van der Waals surface area contributed by atoms with E-state index in [2.05, 4.69) is 13.2 Å². The molecular formula is C12H18OS2. The molecule has 0 saturated carbocycles. The highest BCUT2D eigenvalue weighted by molar-refractivity contribution is 8.07. The number of hydrogen-bond donors (Lipinski definition) is 0. The first-order valence-corrected chi connectivity index (χ1v) is 7.55. The number of hydrogen-bond acceptors (Lipinski definition) is 3. The first-order chi connectivity index (χ1) is 7.35. The summed E-state index contributed by atoms with van der Waals surface area (Å²) < 4.78 is 6.20. The molecule has 4 atom stereocenters. The van der Waals surface area contributed by atoms with Crippen molar-refractivity contribution in [3.63, 3.8) is 0 Å². The Kier molecular flexibility index (Phi) is 4.23. The Balaban J connectivity index is 1.83. The van der Waals surface area contributed by atoms with Crippen molar-refractivity contribution in [3.05, 3.63) is 25.3 Å². The van der Waals surface area contributed by atoms with Crippen LogP contribution in [0.2, 0.25) is 0 Å². The summed E-state index contributed by atoms with van der Waals surface area (Å²) in [6.07, 6.45) is 6.71. The highest BCUT2D eigenvalue weighted by Crippen LogP contribution is 2.41. The highest BCUT2D eigenvalue weighted by Gasteiger charge is 2.38. The zero-order valence-corrected chi connectivity index (χ0v) is 10.6. The molecule has 3 heteroatoms. The Morgan fingerprint density at radius 2 is 1.47 bits per heavy atom. The zero-order valence-electron chi connectivity index (χ0n) is 8.93. The summed E-state index contributed by atoms with van der Waals surface area (Å²) in [7, 11) is 0. The molecule has 2 saturated heterocycles. The molecule has 15 heavy (non-hydrogen) atoms. The van der Waals surface area contributed by atoms with Crippen molar-refractivity contribution in [3.8, 4) is 0 Å². The lowest BCUT2D eigenvalue weighted by atomic mass is 10.1. The van der Waals surface area contributed by atoms with Gasteiger partial charge in [-0.15, -0.1) is 13.2 Å². The molecule has 0 aromatic rings. The topological polar surface area (TPSA) is 9.23 Å². The van der Waals surface area contributed by atoms with Crippen molar-refractivity contribution in [2.45, 2.75) is 35.5 Å². The second kappa shape index (κ2) is 5.46. The van der Waals surface area contributed by atoms with Crippen LogP contribution in [0.1, 0.15) is 12.8 Å². The van der Waals surface area contributed by atoms with Gasteiger partial charge in [0.2, 0.25) is 0 Å². The highest BCUT2D eigenvalue weighted by atomic mass is 32.2. The molecule has 4 unspecified atom stereocenters. The SMILES string of the molecule is C=CCC(OC(CC=C)C1CS1)C1CS1. The van der Waals surface area contributed by atoms with E-state index in [-0.39, 0.29) is 0 Å². The number of thioether (sulfide) groups is 2. The monoisotopic (exact) mass is 242 g/mol. The maximum Gasteiger partial charge on any atom is 0.0740 e. The summed E-state index contributed by atoms with van der Waals surface area (Å²) in [6.45, 7) is 7.62. The minimum Gasteiger partial charge on any atom is -0.372 e. The summed E-state index contributed by atoms with van der Waals surface area (Å²) >= 11 is 4.01. The summed E-state index contributed by atoms with van der Waals surface area (Å²) in [4.78, 5) is 0. The predicted octanol–water partition coefficient (Wildman–Crippen LogP) is 3.12. The molecule has 2 aliphatic rings. The molecule has 2 heterocycles. The van der Waals surface area contributed by atoms with E-state index in [1.807, 2.05) is 35.7 Å². The molecule has 0 amide bonds. The third kappa shape index (κ3) is 3.58. The van der Waals surface area contributed by atoms with E-state index in [9.17, 15) is 0 Å². The summed E-state index contributed by atoms with van der Waals surface area (Å²) in [6, 6.07) is 0. The van der Waals surface area contributed by atoms with Gasteiger partial charge in [0.15, 0.2) is 0 Å². The van der Waals surface area contributed by atoms with E-state index < -0.39 is 0 Å². The molecule has 2 aliphatic heterocycles. The van der Waals surface area contributed by atoms with Crippen LogP contribution in [-0.4, -0.2) is 34.2 Å². The van der Waals surface area contributed by atoms with E-state index in [0.717, 1.165) is 23.3 Å². The molecule has 0 spiro atoms. The third-order valence-electron chi connectivity index (χ3n) is 2.70. The van der Waals surface area contributed by atoms with Gasteiger partial charge >= 0.3 is 0 Å². The van der Waals surface area contributed by atoms with Gasteiger partial charge < -0.3 is 4.74 Å². The molecule has 2 fully saturated rings. The Morgan fingerprint density at radius 3 is 1.73 bits per heavy atom. The molecule has 0 aliphatic carbocycles. The zero-order chi connectivity index (χ0) is 10.7. The lowest BCUT2D eigenvalue weighted by Crippen LogP contribution is -2.28. The van der Waals surface area contributed by atoms with Crippen LogP contribution in [0.4, 0.5) is 0 Å². The van der Waals surface area contributed by atoms with Gasteiger partial charge in [-0.3, -0.25) is 0 Å². The van der Waals surface area contributed by atoms with Gasteiger partial charge in [0.1, 0.15) is 0 Å². The van der Waals surface area contributed by atoms with Crippen molar-refractivity contribution in [1.82, 2.24) is 0 Å². The minimum atomic E-state index is 0.388. The molecule has 84 valence electrons. The number of ether oxygens (including phenoxy) is 1. The Hall–Kier alpha value is 0.140. The van der Waals surface area contributed by atoms with E-state index in [1.54, 1.807) is 0 Å². The summed E-state index contributed by atoms with van der Waals surface area (Å²) in [5, 5.41) is 1.44.